The normalized spacial score (nSPS) is 10.8. The largest absolute Gasteiger partial charge is 0.489 e. The Labute approximate surface area is 141 Å². The van der Waals surface area contributed by atoms with Gasteiger partial charge >= 0.3 is 0 Å². The van der Waals surface area contributed by atoms with Gasteiger partial charge in [-0.3, -0.25) is 0 Å². The molecule has 0 saturated heterocycles. The van der Waals surface area contributed by atoms with Crippen molar-refractivity contribution in [3.8, 4) is 5.75 Å². The van der Waals surface area contributed by atoms with Gasteiger partial charge in [0.15, 0.2) is 0 Å². The van der Waals surface area contributed by atoms with Crippen LogP contribution in [0, 0.1) is 0 Å². The van der Waals surface area contributed by atoms with E-state index in [0.29, 0.717) is 6.61 Å². The zero-order chi connectivity index (χ0) is 16.2. The molecule has 118 valence electrons. The molecule has 0 fully saturated rings. The number of rotatable bonds is 5. The van der Waals surface area contributed by atoms with Gasteiger partial charge < -0.3 is 9.72 Å². The topological polar surface area (TPSA) is 25.0 Å². The molecule has 1 N–H and O–H groups in total. The molecule has 4 rings (SSSR count). The van der Waals surface area contributed by atoms with Crippen molar-refractivity contribution in [2.24, 2.45) is 0 Å². The summed E-state index contributed by atoms with van der Waals surface area (Å²) in [6, 6.07) is 27.0. The number of H-pyrrole nitrogens is 1. The lowest BCUT2D eigenvalue weighted by Gasteiger charge is -2.07. The van der Waals surface area contributed by atoms with Gasteiger partial charge in [0.25, 0.3) is 0 Å². The second-order valence-corrected chi connectivity index (χ2v) is 5.96. The van der Waals surface area contributed by atoms with E-state index in [1.165, 1.54) is 22.1 Å². The standard InChI is InChI=1S/C22H19NO/c1-3-7-17(8-4-1)13-19-15-23-22-12-11-20(14-21(19)22)24-16-18-9-5-2-6-10-18/h1-12,14-15,23H,13,16H2. The Hall–Kier alpha value is -3.00. The molecule has 1 aromatic heterocycles. The smallest absolute Gasteiger partial charge is 0.120 e. The second-order valence-electron chi connectivity index (χ2n) is 5.96. The predicted octanol–water partition coefficient (Wildman–Crippen LogP) is 5.34. The summed E-state index contributed by atoms with van der Waals surface area (Å²) in [4.78, 5) is 3.35. The molecule has 0 unspecified atom stereocenters. The highest BCUT2D eigenvalue weighted by Crippen LogP contribution is 2.26. The first-order valence-corrected chi connectivity index (χ1v) is 8.19. The van der Waals surface area contributed by atoms with Crippen molar-refractivity contribution in [1.29, 1.82) is 0 Å². The minimum absolute atomic E-state index is 0.588. The van der Waals surface area contributed by atoms with Crippen molar-refractivity contribution in [3.63, 3.8) is 0 Å². The number of ether oxygens (including phenoxy) is 1. The van der Waals surface area contributed by atoms with E-state index in [4.69, 9.17) is 4.74 Å². The lowest BCUT2D eigenvalue weighted by molar-refractivity contribution is 0.306. The second kappa shape index (κ2) is 6.63. The lowest BCUT2D eigenvalue weighted by Crippen LogP contribution is -1.95. The number of hydrogen-bond acceptors (Lipinski definition) is 1. The van der Waals surface area contributed by atoms with Gasteiger partial charge in [-0.2, -0.15) is 0 Å². The van der Waals surface area contributed by atoms with E-state index < -0.39 is 0 Å². The fourth-order valence-electron chi connectivity index (χ4n) is 2.95. The summed E-state index contributed by atoms with van der Waals surface area (Å²) < 4.78 is 5.96. The van der Waals surface area contributed by atoms with Crippen LogP contribution in [-0.4, -0.2) is 4.98 Å². The first-order valence-electron chi connectivity index (χ1n) is 8.19. The van der Waals surface area contributed by atoms with Gasteiger partial charge in [0.1, 0.15) is 12.4 Å². The molecule has 4 aromatic rings. The maximum atomic E-state index is 5.96. The van der Waals surface area contributed by atoms with Crippen LogP contribution in [0.15, 0.2) is 85.1 Å². The third-order valence-corrected chi connectivity index (χ3v) is 4.22. The van der Waals surface area contributed by atoms with Crippen LogP contribution in [-0.2, 0) is 13.0 Å². The van der Waals surface area contributed by atoms with Crippen LogP contribution in [0.1, 0.15) is 16.7 Å². The Bertz CT molecular complexity index is 926. The van der Waals surface area contributed by atoms with E-state index >= 15 is 0 Å². The molecular weight excluding hydrogens is 294 g/mol. The monoisotopic (exact) mass is 313 g/mol. The highest BCUT2D eigenvalue weighted by atomic mass is 16.5. The summed E-state index contributed by atoms with van der Waals surface area (Å²) >= 11 is 0. The summed E-state index contributed by atoms with van der Waals surface area (Å²) in [5.74, 6) is 0.903. The molecule has 0 saturated carbocycles. The third kappa shape index (κ3) is 3.18. The van der Waals surface area contributed by atoms with Gasteiger partial charge in [0.05, 0.1) is 0 Å². The minimum atomic E-state index is 0.588. The van der Waals surface area contributed by atoms with Gasteiger partial charge in [-0.25, -0.2) is 0 Å². The van der Waals surface area contributed by atoms with E-state index in [1.807, 2.05) is 30.3 Å². The summed E-state index contributed by atoms with van der Waals surface area (Å²) in [6.07, 6.45) is 3.02. The van der Waals surface area contributed by atoms with Crippen molar-refractivity contribution in [2.45, 2.75) is 13.0 Å². The Morgan fingerprint density at radius 1 is 0.750 bits per heavy atom. The third-order valence-electron chi connectivity index (χ3n) is 4.22. The molecule has 24 heavy (non-hydrogen) atoms. The lowest BCUT2D eigenvalue weighted by atomic mass is 10.0. The van der Waals surface area contributed by atoms with Gasteiger partial charge in [0.2, 0.25) is 0 Å². The molecule has 0 bridgehead atoms. The number of hydrogen-bond donors (Lipinski definition) is 1. The van der Waals surface area contributed by atoms with Crippen LogP contribution >= 0.6 is 0 Å². The van der Waals surface area contributed by atoms with Crippen LogP contribution in [0.25, 0.3) is 10.9 Å². The van der Waals surface area contributed by atoms with Gasteiger partial charge in [-0.15, -0.1) is 0 Å². The fraction of sp³-hybridized carbons (Fsp3) is 0.0909. The van der Waals surface area contributed by atoms with E-state index in [1.54, 1.807) is 0 Å². The van der Waals surface area contributed by atoms with Gasteiger partial charge in [-0.1, -0.05) is 60.7 Å². The molecule has 0 amide bonds. The van der Waals surface area contributed by atoms with Crippen molar-refractivity contribution < 1.29 is 4.74 Å². The van der Waals surface area contributed by atoms with Crippen LogP contribution in [0.4, 0.5) is 0 Å². The molecular formula is C22H19NO. The maximum absolute atomic E-state index is 5.96. The average Bonchev–Trinajstić information content (AvgIpc) is 3.04. The zero-order valence-electron chi connectivity index (χ0n) is 13.4. The van der Waals surface area contributed by atoms with Crippen molar-refractivity contribution in [3.05, 3.63) is 102 Å². The zero-order valence-corrected chi connectivity index (χ0v) is 13.4. The molecule has 0 aliphatic heterocycles. The first-order chi connectivity index (χ1) is 11.9. The predicted molar refractivity (Wildman–Crippen MR) is 98.3 cm³/mol. The minimum Gasteiger partial charge on any atom is -0.489 e. The first kappa shape index (κ1) is 14.6. The molecule has 0 radical (unpaired) electrons. The highest BCUT2D eigenvalue weighted by molar-refractivity contribution is 5.85. The maximum Gasteiger partial charge on any atom is 0.120 e. The fourth-order valence-corrected chi connectivity index (χ4v) is 2.95. The number of nitrogens with one attached hydrogen (secondary N) is 1. The Morgan fingerprint density at radius 2 is 1.46 bits per heavy atom. The number of aromatic amines is 1. The summed E-state index contributed by atoms with van der Waals surface area (Å²) in [5.41, 5.74) is 4.93. The molecule has 0 aliphatic rings. The van der Waals surface area contributed by atoms with E-state index in [-0.39, 0.29) is 0 Å². The van der Waals surface area contributed by atoms with Crippen LogP contribution in [0.5, 0.6) is 5.75 Å². The molecule has 3 aromatic carbocycles. The number of fused-ring (bicyclic) bond motifs is 1. The van der Waals surface area contributed by atoms with E-state index in [0.717, 1.165) is 17.7 Å². The Kier molecular flexibility index (Phi) is 4.03. The molecule has 1 heterocycles. The van der Waals surface area contributed by atoms with Crippen molar-refractivity contribution in [1.82, 2.24) is 4.98 Å². The molecule has 2 nitrogen and oxygen atoms in total. The highest BCUT2D eigenvalue weighted by Gasteiger charge is 2.06. The van der Waals surface area contributed by atoms with Gasteiger partial charge in [0, 0.05) is 17.1 Å². The SMILES string of the molecule is c1ccc(COc2ccc3[nH]cc(Cc4ccccc4)c3c2)cc1. The van der Waals surface area contributed by atoms with Gasteiger partial charge in [-0.05, 0) is 41.3 Å². The van der Waals surface area contributed by atoms with Crippen molar-refractivity contribution in [2.75, 3.05) is 0 Å². The molecule has 0 aliphatic carbocycles. The summed E-state index contributed by atoms with van der Waals surface area (Å²) in [5, 5.41) is 1.23. The van der Waals surface area contributed by atoms with E-state index in [2.05, 4.69) is 59.7 Å². The van der Waals surface area contributed by atoms with Crippen LogP contribution < -0.4 is 4.74 Å². The Morgan fingerprint density at radius 3 is 2.21 bits per heavy atom. The number of aromatic nitrogens is 1. The quantitative estimate of drug-likeness (QED) is 0.529. The van der Waals surface area contributed by atoms with E-state index in [9.17, 15) is 0 Å². The summed E-state index contributed by atoms with van der Waals surface area (Å²) in [6.45, 7) is 0.588. The molecule has 2 heteroatoms. The van der Waals surface area contributed by atoms with Crippen LogP contribution in [0.3, 0.4) is 0 Å². The van der Waals surface area contributed by atoms with Crippen LogP contribution in [0.2, 0.25) is 0 Å². The molecule has 0 spiro atoms. The average molecular weight is 313 g/mol. The molecule has 0 atom stereocenters. The Balaban J connectivity index is 1.56. The summed E-state index contributed by atoms with van der Waals surface area (Å²) in [7, 11) is 0. The number of benzene rings is 3. The van der Waals surface area contributed by atoms with Crippen molar-refractivity contribution >= 4 is 10.9 Å².